The van der Waals surface area contributed by atoms with Gasteiger partial charge in [0.25, 0.3) is 0 Å². The summed E-state index contributed by atoms with van der Waals surface area (Å²) < 4.78 is 0. The summed E-state index contributed by atoms with van der Waals surface area (Å²) in [6.45, 7) is 8.27. The predicted octanol–water partition coefficient (Wildman–Crippen LogP) is 6.05. The number of hydrogen-bond donors (Lipinski definition) is 1. The van der Waals surface area contributed by atoms with Gasteiger partial charge in [0, 0.05) is 5.56 Å². The zero-order valence-electron chi connectivity index (χ0n) is 15.5. The summed E-state index contributed by atoms with van der Waals surface area (Å²) in [5.74, 6) is 0. The van der Waals surface area contributed by atoms with Gasteiger partial charge >= 0.3 is 0 Å². The van der Waals surface area contributed by atoms with E-state index < -0.39 is 0 Å². The number of aliphatic imine (C=N–C) groups is 1. The number of benzene rings is 3. The van der Waals surface area contributed by atoms with Crippen LogP contribution >= 0.6 is 0 Å². The van der Waals surface area contributed by atoms with E-state index in [-0.39, 0.29) is 0 Å². The molecular weight excluding hydrogens is 316 g/mol. The van der Waals surface area contributed by atoms with Crippen molar-refractivity contribution in [2.75, 3.05) is 6.54 Å². The third-order valence-electron chi connectivity index (χ3n) is 3.93. The molecule has 3 aromatic rings. The molecule has 0 saturated carbocycles. The highest BCUT2D eigenvalue weighted by atomic mass is 14.7. The zero-order chi connectivity index (χ0) is 18.8. The van der Waals surface area contributed by atoms with Gasteiger partial charge in [-0.25, -0.2) is 0 Å². The van der Waals surface area contributed by atoms with Crippen molar-refractivity contribution in [3.8, 4) is 22.3 Å². The fraction of sp³-hybridized carbons (Fsp3) is 0.125. The molecule has 2 N–H and O–H groups in total. The molecule has 0 aliphatic rings. The van der Waals surface area contributed by atoms with Gasteiger partial charge in [-0.3, -0.25) is 4.99 Å². The average molecular weight is 342 g/mol. The molecule has 0 saturated heterocycles. The zero-order valence-corrected chi connectivity index (χ0v) is 15.5. The number of hydrogen-bond acceptors (Lipinski definition) is 2. The van der Waals surface area contributed by atoms with E-state index in [1.54, 1.807) is 0 Å². The first-order chi connectivity index (χ1) is 12.7. The monoisotopic (exact) mass is 342 g/mol. The van der Waals surface area contributed by atoms with Crippen LogP contribution in [-0.4, -0.2) is 13.3 Å². The number of allylic oxidation sites excluding steroid dienone is 1. The summed E-state index contributed by atoms with van der Waals surface area (Å²) in [4.78, 5) is 4.08. The highest BCUT2D eigenvalue weighted by molar-refractivity contribution is 5.75. The highest BCUT2D eigenvalue weighted by Crippen LogP contribution is 2.27. The smallest absolute Gasteiger partial charge is 0.0652 e. The first-order valence-electron chi connectivity index (χ1n) is 8.82. The molecule has 0 amide bonds. The van der Waals surface area contributed by atoms with Crippen molar-refractivity contribution in [1.29, 1.82) is 0 Å². The van der Waals surface area contributed by atoms with Crippen molar-refractivity contribution in [2.24, 2.45) is 10.7 Å². The average Bonchev–Trinajstić information content (AvgIpc) is 2.71. The van der Waals surface area contributed by atoms with E-state index in [0.717, 1.165) is 17.8 Å². The third kappa shape index (κ3) is 5.01. The Hall–Kier alpha value is -2.97. The van der Waals surface area contributed by atoms with Gasteiger partial charge < -0.3 is 5.73 Å². The maximum atomic E-state index is 4.85. The normalized spacial score (nSPS) is 10.7. The van der Waals surface area contributed by atoms with Crippen molar-refractivity contribution in [3.05, 3.63) is 90.5 Å². The second kappa shape index (κ2) is 10.1. The minimum atomic E-state index is 0.750. The summed E-state index contributed by atoms with van der Waals surface area (Å²) in [6, 6.07) is 27.5. The number of nitrogens with zero attached hydrogens (tertiary/aromatic N) is 1. The van der Waals surface area contributed by atoms with Crippen molar-refractivity contribution >= 4 is 12.4 Å². The SMILES string of the molecule is C=N/C(=C\C)c1cccc(-c2ccc(-c3ccccc3)cc2)c1.CCN. The maximum Gasteiger partial charge on any atom is 0.0652 e. The van der Waals surface area contributed by atoms with Crippen LogP contribution in [0.3, 0.4) is 0 Å². The number of rotatable bonds is 4. The lowest BCUT2D eigenvalue weighted by molar-refractivity contribution is 1.14. The Labute approximate surface area is 156 Å². The van der Waals surface area contributed by atoms with E-state index in [1.165, 1.54) is 22.3 Å². The Kier molecular flexibility index (Phi) is 7.53. The standard InChI is InChI=1S/C22H19N.C2H7N/c1-3-22(23-2)21-11-7-10-20(16-21)19-14-12-18(13-15-19)17-8-5-4-6-9-17;1-2-3/h3-16H,2H2,1H3;2-3H2,1H3/b22-3-;. The van der Waals surface area contributed by atoms with E-state index in [2.05, 4.69) is 84.5 Å². The molecule has 3 rings (SSSR count). The molecule has 0 heterocycles. The van der Waals surface area contributed by atoms with Crippen molar-refractivity contribution in [3.63, 3.8) is 0 Å². The Morgan fingerprint density at radius 2 is 1.35 bits per heavy atom. The van der Waals surface area contributed by atoms with Crippen molar-refractivity contribution in [1.82, 2.24) is 0 Å². The fourth-order valence-corrected chi connectivity index (χ4v) is 2.69. The molecule has 2 heteroatoms. The Morgan fingerprint density at radius 3 is 1.88 bits per heavy atom. The first-order valence-corrected chi connectivity index (χ1v) is 8.82. The largest absolute Gasteiger partial charge is 0.331 e. The lowest BCUT2D eigenvalue weighted by atomic mass is 9.98. The molecule has 0 aromatic heterocycles. The predicted molar refractivity (Wildman–Crippen MR) is 115 cm³/mol. The van der Waals surface area contributed by atoms with E-state index in [4.69, 9.17) is 5.73 Å². The molecule has 0 radical (unpaired) electrons. The van der Waals surface area contributed by atoms with Crippen LogP contribution in [0, 0.1) is 0 Å². The Morgan fingerprint density at radius 1 is 0.846 bits per heavy atom. The Bertz CT molecular complexity index is 847. The van der Waals surface area contributed by atoms with Crippen LogP contribution in [0.25, 0.3) is 28.0 Å². The molecule has 0 aliphatic heterocycles. The first kappa shape index (κ1) is 19.4. The summed E-state index contributed by atoms with van der Waals surface area (Å²) in [5.41, 5.74) is 11.7. The maximum absolute atomic E-state index is 4.85. The van der Waals surface area contributed by atoms with Gasteiger partial charge in [-0.05, 0) is 48.5 Å². The van der Waals surface area contributed by atoms with Crippen LogP contribution in [0.5, 0.6) is 0 Å². The van der Waals surface area contributed by atoms with E-state index in [1.807, 2.05) is 26.0 Å². The van der Waals surface area contributed by atoms with Gasteiger partial charge in [0.05, 0.1) is 5.70 Å². The lowest BCUT2D eigenvalue weighted by Gasteiger charge is -2.07. The van der Waals surface area contributed by atoms with Gasteiger partial charge in [0.15, 0.2) is 0 Å². The molecule has 0 aliphatic carbocycles. The minimum absolute atomic E-state index is 0.750. The van der Waals surface area contributed by atoms with Crippen LogP contribution in [0.1, 0.15) is 19.4 Å². The summed E-state index contributed by atoms with van der Waals surface area (Å²) in [5, 5.41) is 0. The van der Waals surface area contributed by atoms with Gasteiger partial charge in [0.2, 0.25) is 0 Å². The summed E-state index contributed by atoms with van der Waals surface area (Å²) in [6.07, 6.45) is 1.98. The molecular formula is C24H26N2. The molecule has 26 heavy (non-hydrogen) atoms. The molecule has 3 aromatic carbocycles. The molecule has 0 unspecified atom stereocenters. The van der Waals surface area contributed by atoms with Gasteiger partial charge in [0.1, 0.15) is 0 Å². The second-order valence-electron chi connectivity index (χ2n) is 5.76. The molecule has 2 nitrogen and oxygen atoms in total. The van der Waals surface area contributed by atoms with E-state index in [9.17, 15) is 0 Å². The molecule has 132 valence electrons. The molecule has 0 atom stereocenters. The molecule has 0 fully saturated rings. The Balaban J connectivity index is 0.000000758. The fourth-order valence-electron chi connectivity index (χ4n) is 2.69. The van der Waals surface area contributed by atoms with Gasteiger partial charge in [-0.15, -0.1) is 0 Å². The topological polar surface area (TPSA) is 38.4 Å². The van der Waals surface area contributed by atoms with E-state index in [0.29, 0.717) is 0 Å². The quantitative estimate of drug-likeness (QED) is 0.576. The van der Waals surface area contributed by atoms with Crippen LogP contribution in [0.4, 0.5) is 0 Å². The van der Waals surface area contributed by atoms with Crippen LogP contribution in [0.15, 0.2) is 89.9 Å². The van der Waals surface area contributed by atoms with E-state index >= 15 is 0 Å². The van der Waals surface area contributed by atoms with Crippen LogP contribution in [-0.2, 0) is 0 Å². The molecule has 0 bridgehead atoms. The highest BCUT2D eigenvalue weighted by Gasteiger charge is 2.03. The van der Waals surface area contributed by atoms with Crippen LogP contribution < -0.4 is 5.73 Å². The van der Waals surface area contributed by atoms with Crippen molar-refractivity contribution < 1.29 is 0 Å². The lowest BCUT2D eigenvalue weighted by Crippen LogP contribution is -1.87. The summed E-state index contributed by atoms with van der Waals surface area (Å²) in [7, 11) is 0. The second-order valence-corrected chi connectivity index (χ2v) is 5.76. The molecule has 0 spiro atoms. The van der Waals surface area contributed by atoms with Gasteiger partial charge in [-0.2, -0.15) is 0 Å². The van der Waals surface area contributed by atoms with Crippen LogP contribution in [0.2, 0.25) is 0 Å². The van der Waals surface area contributed by atoms with Gasteiger partial charge in [-0.1, -0.05) is 85.8 Å². The summed E-state index contributed by atoms with van der Waals surface area (Å²) >= 11 is 0. The van der Waals surface area contributed by atoms with Crippen molar-refractivity contribution in [2.45, 2.75) is 13.8 Å². The number of nitrogens with two attached hydrogens (primary N) is 1. The minimum Gasteiger partial charge on any atom is -0.331 e. The third-order valence-corrected chi connectivity index (χ3v) is 3.93.